The topological polar surface area (TPSA) is 39.2 Å². The van der Waals surface area contributed by atoms with Crippen molar-refractivity contribution in [3.8, 4) is 17.0 Å². The predicted octanol–water partition coefficient (Wildman–Crippen LogP) is 4.86. The van der Waals surface area contributed by atoms with Crippen LogP contribution in [-0.2, 0) is 6.42 Å². The highest BCUT2D eigenvalue weighted by molar-refractivity contribution is 7.09. The summed E-state index contributed by atoms with van der Waals surface area (Å²) in [5.41, 5.74) is 4.76. The summed E-state index contributed by atoms with van der Waals surface area (Å²) in [6.07, 6.45) is 0.392. The number of ketones is 1. The molecule has 0 atom stereocenters. The van der Waals surface area contributed by atoms with E-state index in [1.807, 2.05) is 56.3 Å². The SMILES string of the molecule is COc1ccc(C(=O)Cc2ccc(-c3csc(C)n3)cc2)c(C)c1. The summed E-state index contributed by atoms with van der Waals surface area (Å²) in [7, 11) is 1.63. The number of aryl methyl sites for hydroxylation is 2. The van der Waals surface area contributed by atoms with Gasteiger partial charge in [0, 0.05) is 22.9 Å². The van der Waals surface area contributed by atoms with E-state index in [0.717, 1.165) is 38.7 Å². The van der Waals surface area contributed by atoms with Crippen LogP contribution in [0.3, 0.4) is 0 Å². The lowest BCUT2D eigenvalue weighted by molar-refractivity contribution is 0.0992. The molecule has 0 aliphatic heterocycles. The number of Topliss-reactive ketones (excluding diaryl/α,β-unsaturated/α-hetero) is 1. The Morgan fingerprint density at radius 1 is 1.12 bits per heavy atom. The number of hydrogen-bond donors (Lipinski definition) is 0. The Labute approximate surface area is 146 Å². The number of thiazole rings is 1. The first kappa shape index (κ1) is 16.4. The van der Waals surface area contributed by atoms with Crippen molar-refractivity contribution < 1.29 is 9.53 Å². The molecule has 24 heavy (non-hydrogen) atoms. The average Bonchev–Trinajstić information content (AvgIpc) is 3.01. The normalized spacial score (nSPS) is 10.6. The fourth-order valence-corrected chi connectivity index (χ4v) is 3.27. The van der Waals surface area contributed by atoms with Crippen LogP contribution >= 0.6 is 11.3 Å². The molecule has 0 aliphatic carbocycles. The number of aromatic nitrogens is 1. The molecule has 4 heteroatoms. The maximum Gasteiger partial charge on any atom is 0.167 e. The summed E-state index contributed by atoms with van der Waals surface area (Å²) in [6, 6.07) is 13.6. The van der Waals surface area contributed by atoms with Gasteiger partial charge in [0.05, 0.1) is 17.8 Å². The Morgan fingerprint density at radius 3 is 2.46 bits per heavy atom. The lowest BCUT2D eigenvalue weighted by atomic mass is 9.98. The predicted molar refractivity (Wildman–Crippen MR) is 98.1 cm³/mol. The number of ether oxygens (including phenoxy) is 1. The molecule has 1 heterocycles. The lowest BCUT2D eigenvalue weighted by Crippen LogP contribution is -2.05. The van der Waals surface area contributed by atoms with Crippen molar-refractivity contribution >= 4 is 17.1 Å². The molecule has 0 saturated heterocycles. The molecule has 0 aliphatic rings. The van der Waals surface area contributed by atoms with Crippen LogP contribution in [0.5, 0.6) is 5.75 Å². The molecule has 3 nitrogen and oxygen atoms in total. The fourth-order valence-electron chi connectivity index (χ4n) is 2.65. The summed E-state index contributed by atoms with van der Waals surface area (Å²) < 4.78 is 5.19. The molecule has 3 rings (SSSR count). The Hall–Kier alpha value is -2.46. The van der Waals surface area contributed by atoms with Crippen LogP contribution in [0, 0.1) is 13.8 Å². The molecular formula is C20H19NO2S. The van der Waals surface area contributed by atoms with Crippen molar-refractivity contribution in [1.29, 1.82) is 0 Å². The van der Waals surface area contributed by atoms with Crippen LogP contribution < -0.4 is 4.74 Å². The standard InChI is InChI=1S/C20H19NO2S/c1-13-10-17(23-3)8-9-18(13)20(22)11-15-4-6-16(7-5-15)19-12-24-14(2)21-19/h4-10,12H,11H2,1-3H3. The average molecular weight is 337 g/mol. The van der Waals surface area contributed by atoms with E-state index in [4.69, 9.17) is 4.74 Å². The van der Waals surface area contributed by atoms with E-state index in [-0.39, 0.29) is 5.78 Å². The highest BCUT2D eigenvalue weighted by Crippen LogP contribution is 2.23. The number of hydrogen-bond acceptors (Lipinski definition) is 4. The van der Waals surface area contributed by atoms with E-state index in [0.29, 0.717) is 6.42 Å². The molecule has 0 radical (unpaired) electrons. The van der Waals surface area contributed by atoms with E-state index < -0.39 is 0 Å². The van der Waals surface area contributed by atoms with Gasteiger partial charge >= 0.3 is 0 Å². The molecule has 1 aromatic heterocycles. The number of methoxy groups -OCH3 is 1. The molecule has 0 amide bonds. The first-order valence-corrected chi connectivity index (χ1v) is 8.64. The number of carbonyl (C=O) groups excluding carboxylic acids is 1. The molecule has 0 N–H and O–H groups in total. The molecule has 2 aromatic carbocycles. The molecule has 3 aromatic rings. The van der Waals surface area contributed by atoms with E-state index in [1.54, 1.807) is 18.4 Å². The number of carbonyl (C=O) groups is 1. The quantitative estimate of drug-likeness (QED) is 0.624. The van der Waals surface area contributed by atoms with E-state index in [2.05, 4.69) is 10.4 Å². The zero-order valence-electron chi connectivity index (χ0n) is 14.0. The highest BCUT2D eigenvalue weighted by Gasteiger charge is 2.11. The van der Waals surface area contributed by atoms with E-state index in [1.165, 1.54) is 0 Å². The second-order valence-electron chi connectivity index (χ2n) is 5.73. The van der Waals surface area contributed by atoms with Gasteiger partial charge in [0.25, 0.3) is 0 Å². The van der Waals surface area contributed by atoms with Crippen LogP contribution in [0.25, 0.3) is 11.3 Å². The minimum Gasteiger partial charge on any atom is -0.497 e. The third kappa shape index (κ3) is 3.54. The fraction of sp³-hybridized carbons (Fsp3) is 0.200. The largest absolute Gasteiger partial charge is 0.497 e. The third-order valence-electron chi connectivity index (χ3n) is 3.97. The van der Waals surface area contributed by atoms with Crippen LogP contribution in [0.2, 0.25) is 0 Å². The molecule has 0 fully saturated rings. The highest BCUT2D eigenvalue weighted by atomic mass is 32.1. The van der Waals surface area contributed by atoms with Crippen LogP contribution in [-0.4, -0.2) is 17.9 Å². The molecule has 0 saturated carbocycles. The second-order valence-corrected chi connectivity index (χ2v) is 6.79. The van der Waals surface area contributed by atoms with Gasteiger partial charge in [-0.25, -0.2) is 4.98 Å². The van der Waals surface area contributed by atoms with Crippen LogP contribution in [0.15, 0.2) is 47.8 Å². The summed E-state index contributed by atoms with van der Waals surface area (Å²) >= 11 is 1.64. The van der Waals surface area contributed by atoms with Gasteiger partial charge in [-0.2, -0.15) is 0 Å². The number of rotatable bonds is 5. The maximum atomic E-state index is 12.5. The summed E-state index contributed by atoms with van der Waals surface area (Å²) in [6.45, 7) is 3.93. The molecule has 122 valence electrons. The zero-order valence-corrected chi connectivity index (χ0v) is 14.8. The van der Waals surface area contributed by atoms with E-state index >= 15 is 0 Å². The van der Waals surface area contributed by atoms with Gasteiger partial charge in [-0.3, -0.25) is 4.79 Å². The third-order valence-corrected chi connectivity index (χ3v) is 4.74. The summed E-state index contributed by atoms with van der Waals surface area (Å²) in [4.78, 5) is 17.0. The van der Waals surface area contributed by atoms with Gasteiger partial charge in [0.15, 0.2) is 5.78 Å². The van der Waals surface area contributed by atoms with Crippen molar-refractivity contribution in [2.24, 2.45) is 0 Å². The first-order valence-electron chi connectivity index (χ1n) is 7.76. The van der Waals surface area contributed by atoms with Crippen molar-refractivity contribution in [2.75, 3.05) is 7.11 Å². The van der Waals surface area contributed by atoms with Crippen molar-refractivity contribution in [3.63, 3.8) is 0 Å². The lowest BCUT2D eigenvalue weighted by Gasteiger charge is -2.08. The van der Waals surface area contributed by atoms with Crippen molar-refractivity contribution in [3.05, 3.63) is 69.5 Å². The first-order chi connectivity index (χ1) is 11.6. The minimum atomic E-state index is 0.118. The van der Waals surface area contributed by atoms with Gasteiger partial charge in [-0.15, -0.1) is 11.3 Å². The smallest absolute Gasteiger partial charge is 0.167 e. The number of benzene rings is 2. The zero-order chi connectivity index (χ0) is 17.1. The van der Waals surface area contributed by atoms with Gasteiger partial charge in [0.2, 0.25) is 0 Å². The van der Waals surface area contributed by atoms with Gasteiger partial charge < -0.3 is 4.74 Å². The molecular weight excluding hydrogens is 318 g/mol. The van der Waals surface area contributed by atoms with E-state index in [9.17, 15) is 4.79 Å². The summed E-state index contributed by atoms with van der Waals surface area (Å²) in [5.74, 6) is 0.888. The van der Waals surface area contributed by atoms with Crippen molar-refractivity contribution in [2.45, 2.75) is 20.3 Å². The van der Waals surface area contributed by atoms with Crippen molar-refractivity contribution in [1.82, 2.24) is 4.98 Å². The van der Waals surface area contributed by atoms with Gasteiger partial charge in [0.1, 0.15) is 5.75 Å². The molecule has 0 spiro atoms. The van der Waals surface area contributed by atoms with Crippen LogP contribution in [0.1, 0.15) is 26.5 Å². The van der Waals surface area contributed by atoms with Crippen LogP contribution in [0.4, 0.5) is 0 Å². The Morgan fingerprint density at radius 2 is 1.88 bits per heavy atom. The number of nitrogens with zero attached hydrogens (tertiary/aromatic N) is 1. The van der Waals surface area contributed by atoms with Gasteiger partial charge in [-0.1, -0.05) is 24.3 Å². The maximum absolute atomic E-state index is 12.5. The molecule has 0 unspecified atom stereocenters. The Bertz CT molecular complexity index is 866. The summed E-state index contributed by atoms with van der Waals surface area (Å²) in [5, 5.41) is 3.11. The molecule has 0 bridgehead atoms. The van der Waals surface area contributed by atoms with Gasteiger partial charge in [-0.05, 0) is 43.2 Å². The second kappa shape index (κ2) is 6.97. The minimum absolute atomic E-state index is 0.118. The monoisotopic (exact) mass is 337 g/mol. The Balaban J connectivity index is 1.75. The Kier molecular flexibility index (Phi) is 4.76.